The molecule has 0 bridgehead atoms. The molecule has 0 aliphatic rings. The Morgan fingerprint density at radius 1 is 1.03 bits per heavy atom. The number of rotatable bonds is 6. The van der Waals surface area contributed by atoms with Crippen LogP contribution in [0.1, 0.15) is 44.8 Å². The highest BCUT2D eigenvalue weighted by atomic mass is 32.1. The van der Waals surface area contributed by atoms with Crippen LogP contribution in [0.25, 0.3) is 10.8 Å². The number of thiophene rings is 1. The lowest BCUT2D eigenvalue weighted by molar-refractivity contribution is -0.121. The van der Waals surface area contributed by atoms with Gasteiger partial charge in [0.2, 0.25) is 5.91 Å². The molecule has 3 rings (SSSR count). The first-order valence-electron chi connectivity index (χ1n) is 9.09. The van der Waals surface area contributed by atoms with Gasteiger partial charge in [0.05, 0.1) is 10.3 Å². The third-order valence-corrected chi connectivity index (χ3v) is 5.33. The average molecular weight is 412 g/mol. The molecule has 29 heavy (non-hydrogen) atoms. The molecule has 0 atom stereocenters. The number of benzene rings is 1. The van der Waals surface area contributed by atoms with E-state index in [0.29, 0.717) is 22.2 Å². The number of aromatic nitrogens is 2. The summed E-state index contributed by atoms with van der Waals surface area (Å²) in [6.07, 6.45) is -0.0117. The van der Waals surface area contributed by atoms with Crippen LogP contribution >= 0.6 is 11.3 Å². The first kappa shape index (κ1) is 20.4. The van der Waals surface area contributed by atoms with E-state index in [1.165, 1.54) is 16.0 Å². The maximum absolute atomic E-state index is 12.5. The van der Waals surface area contributed by atoms with Gasteiger partial charge >= 0.3 is 0 Å². The van der Waals surface area contributed by atoms with Gasteiger partial charge in [-0.15, -0.1) is 11.3 Å². The molecular weight excluding hydrogens is 392 g/mol. The van der Waals surface area contributed by atoms with Crippen molar-refractivity contribution in [3.63, 3.8) is 0 Å². The molecule has 0 unspecified atom stereocenters. The second-order valence-corrected chi connectivity index (χ2v) is 7.64. The van der Waals surface area contributed by atoms with Crippen molar-refractivity contribution >= 4 is 39.7 Å². The third-order valence-electron chi connectivity index (χ3n) is 4.29. The van der Waals surface area contributed by atoms with Crippen LogP contribution in [-0.2, 0) is 11.3 Å². The van der Waals surface area contributed by atoms with Gasteiger partial charge in [-0.3, -0.25) is 30.0 Å². The number of nitrogens with zero attached hydrogens (tertiary/aromatic N) is 2. The van der Waals surface area contributed by atoms with E-state index in [0.717, 1.165) is 4.88 Å². The Morgan fingerprint density at radius 3 is 2.41 bits per heavy atom. The van der Waals surface area contributed by atoms with Crippen molar-refractivity contribution in [1.29, 1.82) is 0 Å². The van der Waals surface area contributed by atoms with Crippen LogP contribution in [0.15, 0.2) is 41.2 Å². The van der Waals surface area contributed by atoms with Crippen LogP contribution < -0.4 is 16.4 Å². The van der Waals surface area contributed by atoms with E-state index >= 15 is 0 Å². The van der Waals surface area contributed by atoms with Crippen LogP contribution in [0.2, 0.25) is 0 Å². The standard InChI is InChI=1S/C20H20N4O4S/c1-3-24-20(28)14-7-5-4-6-13(14)18(23-24)19(27)22-21-17(26)11-9-15(25)16-10-8-12(2)29-16/h4-8,10H,3,9,11H2,1-2H3,(H,21,26)(H,22,27). The Hall–Kier alpha value is -3.33. The van der Waals surface area contributed by atoms with E-state index in [9.17, 15) is 19.2 Å². The first-order valence-corrected chi connectivity index (χ1v) is 9.91. The Bertz CT molecular complexity index is 1150. The normalized spacial score (nSPS) is 10.7. The number of carbonyl (C=O) groups excluding carboxylic acids is 3. The maximum atomic E-state index is 12.5. The quantitative estimate of drug-likeness (QED) is 0.476. The zero-order valence-electron chi connectivity index (χ0n) is 16.0. The maximum Gasteiger partial charge on any atom is 0.290 e. The molecule has 0 saturated carbocycles. The van der Waals surface area contributed by atoms with Crippen molar-refractivity contribution in [3.05, 3.63) is 62.2 Å². The number of ketones is 1. The highest BCUT2D eigenvalue weighted by Crippen LogP contribution is 2.17. The first-order chi connectivity index (χ1) is 13.9. The Kier molecular flexibility index (Phi) is 6.18. The Labute approximate surface area is 170 Å². The van der Waals surface area contributed by atoms with Gasteiger partial charge in [-0.2, -0.15) is 5.10 Å². The van der Waals surface area contributed by atoms with E-state index in [4.69, 9.17) is 0 Å². The molecule has 2 heterocycles. The summed E-state index contributed by atoms with van der Waals surface area (Å²) >= 11 is 1.38. The molecule has 0 aliphatic heterocycles. The fraction of sp³-hybridized carbons (Fsp3) is 0.250. The molecule has 2 N–H and O–H groups in total. The second kappa shape index (κ2) is 8.78. The monoisotopic (exact) mass is 412 g/mol. The van der Waals surface area contributed by atoms with E-state index in [-0.39, 0.29) is 29.9 Å². The third kappa shape index (κ3) is 4.57. The number of nitrogens with one attached hydrogen (secondary N) is 2. The van der Waals surface area contributed by atoms with Crippen LogP contribution in [0, 0.1) is 6.92 Å². The molecule has 1 aromatic carbocycles. The van der Waals surface area contributed by atoms with Gasteiger partial charge in [0.25, 0.3) is 11.5 Å². The van der Waals surface area contributed by atoms with Crippen LogP contribution in [0.4, 0.5) is 0 Å². The molecule has 0 fully saturated rings. The van der Waals surface area contributed by atoms with Gasteiger partial charge in [0, 0.05) is 29.6 Å². The minimum Gasteiger partial charge on any atom is -0.293 e. The van der Waals surface area contributed by atoms with Crippen molar-refractivity contribution < 1.29 is 14.4 Å². The number of hydrogen-bond donors (Lipinski definition) is 2. The van der Waals surface area contributed by atoms with Crippen molar-refractivity contribution in [2.24, 2.45) is 0 Å². The number of aryl methyl sites for hydroxylation is 2. The van der Waals surface area contributed by atoms with Gasteiger partial charge in [0.15, 0.2) is 11.5 Å². The number of hydrogen-bond acceptors (Lipinski definition) is 6. The van der Waals surface area contributed by atoms with Crippen molar-refractivity contribution in [2.45, 2.75) is 33.2 Å². The second-order valence-electron chi connectivity index (χ2n) is 6.35. The summed E-state index contributed by atoms with van der Waals surface area (Å²) in [7, 11) is 0. The zero-order chi connectivity index (χ0) is 21.0. The van der Waals surface area contributed by atoms with Crippen molar-refractivity contribution in [1.82, 2.24) is 20.6 Å². The summed E-state index contributed by atoms with van der Waals surface area (Å²) in [4.78, 5) is 50.6. The smallest absolute Gasteiger partial charge is 0.290 e. The van der Waals surface area contributed by atoms with E-state index in [2.05, 4.69) is 16.0 Å². The number of hydrazine groups is 1. The molecule has 0 spiro atoms. The van der Waals surface area contributed by atoms with E-state index in [1.807, 2.05) is 13.0 Å². The molecule has 2 aromatic heterocycles. The average Bonchev–Trinajstić information content (AvgIpc) is 3.17. The zero-order valence-corrected chi connectivity index (χ0v) is 16.8. The molecule has 9 heteroatoms. The number of carbonyl (C=O) groups is 3. The molecule has 150 valence electrons. The number of amides is 2. The van der Waals surface area contributed by atoms with Crippen molar-refractivity contribution in [2.75, 3.05) is 0 Å². The Morgan fingerprint density at radius 2 is 1.76 bits per heavy atom. The lowest BCUT2D eigenvalue weighted by Gasteiger charge is -2.10. The highest BCUT2D eigenvalue weighted by molar-refractivity contribution is 7.14. The van der Waals surface area contributed by atoms with Gasteiger partial charge in [0.1, 0.15) is 0 Å². The molecule has 0 saturated heterocycles. The summed E-state index contributed by atoms with van der Waals surface area (Å²) in [5.41, 5.74) is 4.35. The predicted octanol–water partition coefficient (Wildman–Crippen LogP) is 2.21. The number of fused-ring (bicyclic) bond motifs is 1. The molecule has 3 aromatic rings. The molecular formula is C20H20N4O4S. The van der Waals surface area contributed by atoms with E-state index < -0.39 is 11.8 Å². The lowest BCUT2D eigenvalue weighted by Crippen LogP contribution is -2.42. The van der Waals surface area contributed by atoms with Crippen LogP contribution in [-0.4, -0.2) is 27.4 Å². The summed E-state index contributed by atoms with van der Waals surface area (Å²) in [5, 5.41) is 4.87. The lowest BCUT2D eigenvalue weighted by atomic mass is 10.1. The summed E-state index contributed by atoms with van der Waals surface area (Å²) in [6, 6.07) is 10.2. The molecule has 0 radical (unpaired) electrons. The van der Waals surface area contributed by atoms with Crippen LogP contribution in [0.3, 0.4) is 0 Å². The van der Waals surface area contributed by atoms with Gasteiger partial charge in [-0.1, -0.05) is 18.2 Å². The molecule has 2 amide bonds. The largest absolute Gasteiger partial charge is 0.293 e. The fourth-order valence-electron chi connectivity index (χ4n) is 2.80. The van der Waals surface area contributed by atoms with E-state index in [1.54, 1.807) is 37.3 Å². The van der Waals surface area contributed by atoms with Gasteiger partial charge in [-0.05, 0) is 32.0 Å². The minimum atomic E-state index is -0.642. The van der Waals surface area contributed by atoms with Gasteiger partial charge in [-0.25, -0.2) is 4.68 Å². The fourth-order valence-corrected chi connectivity index (χ4v) is 3.63. The minimum absolute atomic E-state index is 0.0347. The van der Waals surface area contributed by atoms with Crippen LogP contribution in [0.5, 0.6) is 0 Å². The Balaban J connectivity index is 1.65. The van der Waals surface area contributed by atoms with Gasteiger partial charge < -0.3 is 0 Å². The summed E-state index contributed by atoms with van der Waals surface area (Å²) < 4.78 is 1.20. The molecule has 8 nitrogen and oxygen atoms in total. The number of Topliss-reactive ketones (excluding diaryl/α,β-unsaturated/α-hetero) is 1. The predicted molar refractivity (Wildman–Crippen MR) is 110 cm³/mol. The SMILES string of the molecule is CCn1nc(C(=O)NNC(=O)CCC(=O)c2ccc(C)s2)c2ccccc2c1=O. The topological polar surface area (TPSA) is 110 Å². The summed E-state index contributed by atoms with van der Waals surface area (Å²) in [6.45, 7) is 3.96. The summed E-state index contributed by atoms with van der Waals surface area (Å²) in [5.74, 6) is -1.25. The highest BCUT2D eigenvalue weighted by Gasteiger charge is 2.17. The molecule has 0 aliphatic carbocycles. The van der Waals surface area contributed by atoms with Crippen molar-refractivity contribution in [3.8, 4) is 0 Å².